The van der Waals surface area contributed by atoms with Crippen molar-refractivity contribution in [3.63, 3.8) is 0 Å². The van der Waals surface area contributed by atoms with Gasteiger partial charge >= 0.3 is 11.9 Å². The van der Waals surface area contributed by atoms with Crippen molar-refractivity contribution in [1.29, 1.82) is 0 Å². The molecule has 3 aliphatic rings. The Morgan fingerprint density at radius 2 is 1.03 bits per heavy atom. The van der Waals surface area contributed by atoms with E-state index >= 15 is 0 Å². The minimum atomic E-state index is -1.68. The first-order valence-electron chi connectivity index (χ1n) is 12.1. The molecule has 0 radical (unpaired) electrons. The first-order chi connectivity index (χ1) is 16.9. The average molecular weight is 513 g/mol. The predicted octanol–water partition coefficient (Wildman–Crippen LogP) is 5.38. The molecule has 5 rings (SSSR count). The summed E-state index contributed by atoms with van der Waals surface area (Å²) in [5.74, 6) is 4.88. The van der Waals surface area contributed by atoms with Crippen LogP contribution in [-0.4, -0.2) is 42.3 Å². The van der Waals surface area contributed by atoms with Gasteiger partial charge in [-0.1, -0.05) is 75.4 Å². The summed E-state index contributed by atoms with van der Waals surface area (Å²) in [7, 11) is -0.655. The molecule has 2 unspecified atom stereocenters. The Kier molecular flexibility index (Phi) is 6.64. The van der Waals surface area contributed by atoms with E-state index in [1.165, 1.54) is 14.2 Å². The maximum Gasteiger partial charge on any atom is 0.335 e. The number of hydrogen-bond acceptors (Lipinski definition) is 4. The molecule has 6 heteroatoms. The number of ether oxygens (including phenoxy) is 2. The summed E-state index contributed by atoms with van der Waals surface area (Å²) < 4.78 is 10.4. The molecule has 0 fully saturated rings. The molecular weight excluding hydrogens is 480 g/mol. The van der Waals surface area contributed by atoms with Crippen molar-refractivity contribution in [3.05, 3.63) is 80.9 Å². The topological polar surface area (TPSA) is 52.6 Å². The Labute approximate surface area is 216 Å². The second-order valence-electron chi connectivity index (χ2n) is 11.3. The van der Waals surface area contributed by atoms with E-state index in [9.17, 15) is 9.59 Å². The third kappa shape index (κ3) is 4.59. The lowest BCUT2D eigenvalue weighted by molar-refractivity contribution is -0.140. The molecule has 2 aromatic carbocycles. The molecule has 36 heavy (non-hydrogen) atoms. The fourth-order valence-corrected chi connectivity index (χ4v) is 5.94. The van der Waals surface area contributed by atoms with E-state index in [0.717, 1.165) is 33.4 Å². The zero-order valence-electron chi connectivity index (χ0n) is 22.3. The highest BCUT2D eigenvalue weighted by atomic mass is 28.3. The summed E-state index contributed by atoms with van der Waals surface area (Å²) in [5.41, 5.74) is 13.3. The van der Waals surface area contributed by atoms with Gasteiger partial charge in [-0.25, -0.2) is 9.59 Å². The fraction of sp³-hybridized carbons (Fsp3) is 0.333. The molecular formula is C30H32O4Si2. The second kappa shape index (κ2) is 9.28. The molecule has 2 atom stereocenters. The van der Waals surface area contributed by atoms with Gasteiger partial charge in [0.2, 0.25) is 0 Å². The van der Waals surface area contributed by atoms with Crippen molar-refractivity contribution in [2.45, 2.75) is 51.1 Å². The van der Waals surface area contributed by atoms with Crippen LogP contribution in [0.4, 0.5) is 0 Å². The molecule has 0 heterocycles. The van der Waals surface area contributed by atoms with Gasteiger partial charge in [0.15, 0.2) is 0 Å². The van der Waals surface area contributed by atoms with Crippen LogP contribution in [0, 0.1) is 22.9 Å². The summed E-state index contributed by atoms with van der Waals surface area (Å²) in [6, 6.07) is 12.0. The molecule has 4 nitrogen and oxygen atoms in total. The van der Waals surface area contributed by atoms with Gasteiger partial charge in [0.05, 0.1) is 25.4 Å². The molecule has 0 spiro atoms. The Hall–Kier alpha value is -3.33. The van der Waals surface area contributed by atoms with Crippen LogP contribution in [0.25, 0.3) is 0 Å². The molecule has 0 saturated heterocycles. The van der Waals surface area contributed by atoms with E-state index in [4.69, 9.17) is 9.47 Å². The van der Waals surface area contributed by atoms with Crippen LogP contribution in [0.15, 0.2) is 47.5 Å². The van der Waals surface area contributed by atoms with Crippen LogP contribution in [-0.2, 0) is 19.1 Å². The second-order valence-corrected chi connectivity index (χ2v) is 20.8. The van der Waals surface area contributed by atoms with Gasteiger partial charge in [-0.05, 0) is 34.4 Å². The maximum atomic E-state index is 13.2. The summed E-state index contributed by atoms with van der Waals surface area (Å²) in [6.45, 7) is 13.2. The van der Waals surface area contributed by atoms with Crippen LogP contribution >= 0.6 is 0 Å². The number of carbonyl (C=O) groups excluding carboxylic acids is 2. The molecule has 0 amide bonds. The minimum Gasteiger partial charge on any atom is -0.466 e. The molecule has 2 aromatic rings. The van der Waals surface area contributed by atoms with Crippen LogP contribution in [0.1, 0.15) is 45.2 Å². The van der Waals surface area contributed by atoms with Crippen LogP contribution < -0.4 is 0 Å². The average Bonchev–Trinajstić information content (AvgIpc) is 2.83. The summed E-state index contributed by atoms with van der Waals surface area (Å²) in [6.07, 6.45) is 0. The van der Waals surface area contributed by atoms with Gasteiger partial charge < -0.3 is 9.47 Å². The fourth-order valence-electron chi connectivity index (χ4n) is 4.92. The van der Waals surface area contributed by atoms with E-state index in [1.807, 2.05) is 36.4 Å². The van der Waals surface area contributed by atoms with E-state index in [2.05, 4.69) is 62.2 Å². The lowest BCUT2D eigenvalue weighted by Gasteiger charge is -2.42. The third-order valence-corrected chi connectivity index (χ3v) is 8.06. The first-order valence-corrected chi connectivity index (χ1v) is 19.1. The van der Waals surface area contributed by atoms with Gasteiger partial charge in [-0.15, -0.1) is 11.1 Å². The van der Waals surface area contributed by atoms with Gasteiger partial charge in [0.1, 0.15) is 16.1 Å². The quantitative estimate of drug-likeness (QED) is 0.308. The first kappa shape index (κ1) is 25.8. The van der Waals surface area contributed by atoms with Gasteiger partial charge in [0, 0.05) is 23.0 Å². The monoisotopic (exact) mass is 512 g/mol. The molecule has 184 valence electrons. The van der Waals surface area contributed by atoms with Crippen molar-refractivity contribution in [2.75, 3.05) is 14.2 Å². The van der Waals surface area contributed by atoms with E-state index in [0.29, 0.717) is 11.1 Å². The highest BCUT2D eigenvalue weighted by molar-refractivity contribution is 6.84. The van der Waals surface area contributed by atoms with Crippen molar-refractivity contribution in [3.8, 4) is 22.9 Å². The molecule has 3 aliphatic carbocycles. The van der Waals surface area contributed by atoms with Crippen LogP contribution in [0.2, 0.25) is 39.3 Å². The number of rotatable bonds is 2. The van der Waals surface area contributed by atoms with Crippen molar-refractivity contribution in [2.24, 2.45) is 0 Å². The van der Waals surface area contributed by atoms with Gasteiger partial charge in [0.25, 0.3) is 0 Å². The summed E-state index contributed by atoms with van der Waals surface area (Å²) in [4.78, 5) is 26.5. The highest BCUT2D eigenvalue weighted by Gasteiger charge is 2.50. The van der Waals surface area contributed by atoms with Crippen molar-refractivity contribution < 1.29 is 19.1 Å². The molecule has 0 aliphatic heterocycles. The lowest BCUT2D eigenvalue weighted by atomic mass is 9.59. The van der Waals surface area contributed by atoms with Gasteiger partial charge in [-0.3, -0.25) is 0 Å². The SMILES string of the molecule is COC(=O)C1=C(C(=O)OC)C2c3ccccc3C1c1c(C#C[Si](C)(C)C)ccc(C#C[Si](C)(C)C)c12. The highest BCUT2D eigenvalue weighted by Crippen LogP contribution is 2.57. The normalized spacial score (nSPS) is 17.7. The van der Waals surface area contributed by atoms with Crippen molar-refractivity contribution in [1.82, 2.24) is 0 Å². The zero-order valence-corrected chi connectivity index (χ0v) is 24.3. The summed E-state index contributed by atoms with van der Waals surface area (Å²) in [5, 5.41) is 0. The van der Waals surface area contributed by atoms with Crippen LogP contribution in [0.3, 0.4) is 0 Å². The maximum absolute atomic E-state index is 13.2. The molecule has 2 bridgehead atoms. The number of carbonyl (C=O) groups is 2. The van der Waals surface area contributed by atoms with Crippen molar-refractivity contribution >= 4 is 28.1 Å². The summed E-state index contributed by atoms with van der Waals surface area (Å²) >= 11 is 0. The van der Waals surface area contributed by atoms with Gasteiger partial charge in [-0.2, -0.15) is 0 Å². The van der Waals surface area contributed by atoms with E-state index in [1.54, 1.807) is 0 Å². The smallest absolute Gasteiger partial charge is 0.335 e. The van der Waals surface area contributed by atoms with E-state index in [-0.39, 0.29) is 0 Å². The standard InChI is InChI=1S/C30H32O4Si2/c1-33-29(31)27-25-21-11-9-10-12-22(21)26(28(27)30(32)34-2)24-20(16-18-36(6,7)8)14-13-19(23(24)25)15-17-35(3,4)5/h9-14,25-26H,1-8H3. The number of benzene rings is 2. The number of hydrogen-bond donors (Lipinski definition) is 0. The van der Waals surface area contributed by atoms with Crippen LogP contribution in [0.5, 0.6) is 0 Å². The Balaban J connectivity index is 2.16. The largest absolute Gasteiger partial charge is 0.466 e. The number of methoxy groups -OCH3 is 2. The molecule has 0 N–H and O–H groups in total. The predicted molar refractivity (Wildman–Crippen MR) is 148 cm³/mol. The Morgan fingerprint density at radius 1 is 0.667 bits per heavy atom. The molecule has 0 aromatic heterocycles. The molecule has 0 saturated carbocycles. The zero-order chi connectivity index (χ0) is 26.4. The third-order valence-electron chi connectivity index (χ3n) is 6.31. The minimum absolute atomic E-state index is 0.340. The Bertz CT molecular complexity index is 1320. The van der Waals surface area contributed by atoms with E-state index < -0.39 is 39.9 Å². The Morgan fingerprint density at radius 3 is 1.33 bits per heavy atom. The lowest BCUT2D eigenvalue weighted by Crippen LogP contribution is -2.36. The number of esters is 2.